The molecule has 126 valence electrons. The number of benzene rings is 1. The van der Waals surface area contributed by atoms with Crippen molar-refractivity contribution in [2.45, 2.75) is 6.36 Å². The zero-order chi connectivity index (χ0) is 16.1. The summed E-state index contributed by atoms with van der Waals surface area (Å²) >= 11 is 0. The molecule has 1 rings (SSSR count). The van der Waals surface area contributed by atoms with E-state index in [-0.39, 0.29) is 47.9 Å². The Labute approximate surface area is 142 Å². The molecular formula is C11H15F3IN3O3S. The summed E-state index contributed by atoms with van der Waals surface area (Å²) in [5.74, 6) is -0.890. The van der Waals surface area contributed by atoms with Crippen LogP contribution in [0.4, 0.5) is 18.9 Å². The minimum Gasteiger partial charge on any atom is -0.404 e. The van der Waals surface area contributed by atoms with Gasteiger partial charge in [0.05, 0.1) is 18.0 Å². The van der Waals surface area contributed by atoms with E-state index in [4.69, 9.17) is 5.73 Å². The first-order valence-corrected chi connectivity index (χ1v) is 7.72. The second-order valence-electron chi connectivity index (χ2n) is 4.07. The number of anilines is 1. The average molecular weight is 453 g/mol. The topological polar surface area (TPSA) is 93.8 Å². The number of aliphatic imine (C=N–C) groups is 1. The van der Waals surface area contributed by atoms with Crippen molar-refractivity contribution >= 4 is 45.5 Å². The van der Waals surface area contributed by atoms with Gasteiger partial charge in [-0.1, -0.05) is 12.1 Å². The third kappa shape index (κ3) is 8.92. The van der Waals surface area contributed by atoms with Crippen molar-refractivity contribution in [2.75, 3.05) is 23.9 Å². The van der Waals surface area contributed by atoms with Crippen LogP contribution >= 0.6 is 24.0 Å². The number of nitrogens with zero attached hydrogens (tertiary/aromatic N) is 1. The highest BCUT2D eigenvalue weighted by atomic mass is 127. The molecule has 0 amide bonds. The lowest BCUT2D eigenvalue weighted by Gasteiger charge is -2.14. The van der Waals surface area contributed by atoms with E-state index in [9.17, 15) is 21.6 Å². The Kier molecular flexibility index (Phi) is 7.93. The minimum atomic E-state index is -4.83. The van der Waals surface area contributed by atoms with Crippen molar-refractivity contribution in [3.05, 3.63) is 24.3 Å². The molecule has 0 radical (unpaired) electrons. The number of ether oxygens (including phenoxy) is 1. The summed E-state index contributed by atoms with van der Waals surface area (Å²) in [6, 6.07) is 5.28. The van der Waals surface area contributed by atoms with Crippen LogP contribution in [0.25, 0.3) is 0 Å². The van der Waals surface area contributed by atoms with Gasteiger partial charge < -0.3 is 15.8 Å². The van der Waals surface area contributed by atoms with Gasteiger partial charge in [0.1, 0.15) is 9.84 Å². The highest BCUT2D eigenvalue weighted by molar-refractivity contribution is 14.0. The van der Waals surface area contributed by atoms with Crippen LogP contribution in [-0.4, -0.2) is 39.3 Å². The fourth-order valence-electron chi connectivity index (χ4n) is 1.29. The molecule has 11 heteroatoms. The van der Waals surface area contributed by atoms with Crippen molar-refractivity contribution in [3.8, 4) is 5.75 Å². The Morgan fingerprint density at radius 1 is 1.36 bits per heavy atom. The van der Waals surface area contributed by atoms with Gasteiger partial charge in [-0.3, -0.25) is 4.99 Å². The van der Waals surface area contributed by atoms with Gasteiger partial charge in [0, 0.05) is 6.26 Å². The molecule has 0 saturated heterocycles. The molecule has 0 fully saturated rings. The van der Waals surface area contributed by atoms with Gasteiger partial charge in [0.2, 0.25) is 0 Å². The monoisotopic (exact) mass is 453 g/mol. The molecule has 0 spiro atoms. The number of para-hydroxylation sites is 2. The second-order valence-corrected chi connectivity index (χ2v) is 6.33. The number of nitrogens with two attached hydrogens (primary N) is 1. The Morgan fingerprint density at radius 3 is 2.50 bits per heavy atom. The summed E-state index contributed by atoms with van der Waals surface area (Å²) in [4.78, 5) is 3.71. The molecule has 0 aliphatic carbocycles. The molecule has 1 aromatic rings. The normalized spacial score (nSPS) is 12.5. The largest absolute Gasteiger partial charge is 0.573 e. The highest BCUT2D eigenvalue weighted by Gasteiger charge is 2.32. The molecular weight excluding hydrogens is 438 g/mol. The van der Waals surface area contributed by atoms with E-state index in [2.05, 4.69) is 15.0 Å². The average Bonchev–Trinajstić information content (AvgIpc) is 2.28. The third-order valence-electron chi connectivity index (χ3n) is 2.12. The first-order valence-electron chi connectivity index (χ1n) is 5.66. The molecule has 0 unspecified atom stereocenters. The van der Waals surface area contributed by atoms with Crippen molar-refractivity contribution < 1.29 is 26.3 Å². The van der Waals surface area contributed by atoms with Crippen molar-refractivity contribution in [3.63, 3.8) is 0 Å². The first-order chi connectivity index (χ1) is 9.57. The van der Waals surface area contributed by atoms with Crippen LogP contribution in [0.3, 0.4) is 0 Å². The van der Waals surface area contributed by atoms with Gasteiger partial charge >= 0.3 is 6.36 Å². The number of rotatable bonds is 5. The number of halogens is 4. The number of sulfone groups is 1. The van der Waals surface area contributed by atoms with Crippen LogP contribution < -0.4 is 15.8 Å². The number of alkyl halides is 3. The van der Waals surface area contributed by atoms with Crippen LogP contribution in [0.15, 0.2) is 29.3 Å². The zero-order valence-electron chi connectivity index (χ0n) is 11.4. The minimum absolute atomic E-state index is 0. The van der Waals surface area contributed by atoms with Crippen molar-refractivity contribution in [2.24, 2.45) is 10.7 Å². The van der Waals surface area contributed by atoms with Crippen molar-refractivity contribution in [1.82, 2.24) is 0 Å². The van der Waals surface area contributed by atoms with Gasteiger partial charge in [-0.15, -0.1) is 37.1 Å². The second kappa shape index (κ2) is 8.41. The molecule has 0 aliphatic rings. The van der Waals surface area contributed by atoms with E-state index in [1.165, 1.54) is 18.2 Å². The molecule has 0 heterocycles. The van der Waals surface area contributed by atoms with Crippen LogP contribution in [0.1, 0.15) is 0 Å². The molecule has 1 aromatic carbocycles. The molecule has 3 N–H and O–H groups in total. The lowest BCUT2D eigenvalue weighted by atomic mass is 10.3. The van der Waals surface area contributed by atoms with Gasteiger partial charge in [-0.25, -0.2) is 8.42 Å². The summed E-state index contributed by atoms with van der Waals surface area (Å²) in [7, 11) is -3.19. The highest BCUT2D eigenvalue weighted by Crippen LogP contribution is 2.29. The van der Waals surface area contributed by atoms with Crippen molar-refractivity contribution in [1.29, 1.82) is 0 Å². The Bertz CT molecular complexity index is 620. The number of hydrogen-bond donors (Lipinski definition) is 2. The smallest absolute Gasteiger partial charge is 0.404 e. The van der Waals surface area contributed by atoms with E-state index in [0.717, 1.165) is 12.3 Å². The lowest BCUT2D eigenvalue weighted by Crippen LogP contribution is -2.25. The molecule has 6 nitrogen and oxygen atoms in total. The van der Waals surface area contributed by atoms with Gasteiger partial charge in [0.15, 0.2) is 11.7 Å². The maximum atomic E-state index is 12.2. The molecule has 22 heavy (non-hydrogen) atoms. The Balaban J connectivity index is 0.00000441. The zero-order valence-corrected chi connectivity index (χ0v) is 14.6. The molecule has 0 bridgehead atoms. The summed E-state index contributed by atoms with van der Waals surface area (Å²) in [5.41, 5.74) is 5.44. The maximum Gasteiger partial charge on any atom is 0.573 e. The standard InChI is InChI=1S/C11H14F3N3O3S.HI/c1-21(18,19)7-6-16-10(15)17-8-4-2-3-5-9(8)20-11(12,13)14;/h2-5H,6-7H2,1H3,(H3,15,16,17);1H. The van der Waals surface area contributed by atoms with E-state index in [0.29, 0.717) is 0 Å². The van der Waals surface area contributed by atoms with Crippen LogP contribution in [0, 0.1) is 0 Å². The third-order valence-corrected chi connectivity index (χ3v) is 3.04. The molecule has 0 saturated carbocycles. The molecule has 0 aliphatic heterocycles. The summed E-state index contributed by atoms with van der Waals surface area (Å²) in [6.07, 6.45) is -3.79. The molecule has 0 atom stereocenters. The number of nitrogens with one attached hydrogen (secondary N) is 1. The van der Waals surface area contributed by atoms with E-state index < -0.39 is 21.9 Å². The van der Waals surface area contributed by atoms with Gasteiger partial charge in [-0.05, 0) is 12.1 Å². The van der Waals surface area contributed by atoms with E-state index in [1.54, 1.807) is 0 Å². The summed E-state index contributed by atoms with van der Waals surface area (Å²) in [5, 5.41) is 2.43. The van der Waals surface area contributed by atoms with Crippen LogP contribution in [0.2, 0.25) is 0 Å². The Hall–Kier alpha value is -1.24. The van der Waals surface area contributed by atoms with E-state index >= 15 is 0 Å². The number of hydrogen-bond acceptors (Lipinski definition) is 4. The van der Waals surface area contributed by atoms with E-state index in [1.807, 2.05) is 0 Å². The van der Waals surface area contributed by atoms with Crippen LogP contribution in [0.5, 0.6) is 5.75 Å². The lowest BCUT2D eigenvalue weighted by molar-refractivity contribution is -0.274. The van der Waals surface area contributed by atoms with Gasteiger partial charge in [-0.2, -0.15) is 0 Å². The fourth-order valence-corrected chi connectivity index (χ4v) is 1.72. The van der Waals surface area contributed by atoms with Gasteiger partial charge in [0.25, 0.3) is 0 Å². The fraction of sp³-hybridized carbons (Fsp3) is 0.364. The predicted molar refractivity (Wildman–Crippen MR) is 88.4 cm³/mol. The molecule has 0 aromatic heterocycles. The maximum absolute atomic E-state index is 12.2. The first kappa shape index (κ1) is 20.8. The summed E-state index contributed by atoms with van der Waals surface area (Å²) in [6.45, 7) is -0.0973. The number of guanidine groups is 1. The Morgan fingerprint density at radius 2 is 1.95 bits per heavy atom. The van der Waals surface area contributed by atoms with Crippen LogP contribution in [-0.2, 0) is 9.84 Å². The summed E-state index contributed by atoms with van der Waals surface area (Å²) < 4.78 is 62.3. The quantitative estimate of drug-likeness (QED) is 0.404. The predicted octanol–water partition coefficient (Wildman–Crippen LogP) is 1.97. The SMILES string of the molecule is CS(=O)(=O)CCN=C(N)Nc1ccccc1OC(F)(F)F.I.